The zero-order valence-corrected chi connectivity index (χ0v) is 14.0. The van der Waals surface area contributed by atoms with Crippen molar-refractivity contribution in [1.82, 2.24) is 15.0 Å². The van der Waals surface area contributed by atoms with Crippen LogP contribution in [0.1, 0.15) is 19.4 Å². The molecule has 0 unspecified atom stereocenters. The molecule has 1 heterocycles. The third-order valence-electron chi connectivity index (χ3n) is 3.76. The smallest absolute Gasteiger partial charge is 0.278 e. The maximum absolute atomic E-state index is 13.2. The number of carbonyl (C=O) groups is 1. The normalized spacial score (nSPS) is 12.1. The molecule has 0 saturated heterocycles. The second-order valence-electron chi connectivity index (χ2n) is 5.40. The van der Waals surface area contributed by atoms with E-state index in [9.17, 15) is 14.0 Å². The number of anilines is 1. The van der Waals surface area contributed by atoms with Crippen LogP contribution < -0.4 is 10.9 Å². The van der Waals surface area contributed by atoms with Gasteiger partial charge in [0.1, 0.15) is 17.4 Å². The molecule has 0 aliphatic carbocycles. The first-order valence-electron chi connectivity index (χ1n) is 7.61. The minimum absolute atomic E-state index is 0.103. The van der Waals surface area contributed by atoms with Crippen LogP contribution in [-0.2, 0) is 4.79 Å². The Kier molecular flexibility index (Phi) is 4.76. The first kappa shape index (κ1) is 17.0. The lowest BCUT2D eigenvalue weighted by Crippen LogP contribution is -2.35. The van der Waals surface area contributed by atoms with Crippen molar-refractivity contribution in [3.8, 4) is 0 Å². The van der Waals surface area contributed by atoms with Crippen molar-refractivity contribution in [1.29, 1.82) is 0 Å². The van der Waals surface area contributed by atoms with Gasteiger partial charge in [0.2, 0.25) is 5.91 Å². The van der Waals surface area contributed by atoms with Crippen molar-refractivity contribution in [3.63, 3.8) is 0 Å². The van der Waals surface area contributed by atoms with E-state index in [1.807, 2.05) is 0 Å². The Morgan fingerprint density at radius 1 is 1.32 bits per heavy atom. The molecule has 128 valence electrons. The summed E-state index contributed by atoms with van der Waals surface area (Å²) in [5, 5.41) is 10.8. The van der Waals surface area contributed by atoms with Crippen LogP contribution in [0.25, 0.3) is 10.9 Å². The van der Waals surface area contributed by atoms with Gasteiger partial charge in [-0.2, -0.15) is 4.68 Å². The van der Waals surface area contributed by atoms with E-state index in [-0.39, 0.29) is 5.02 Å². The first-order valence-corrected chi connectivity index (χ1v) is 7.99. The zero-order chi connectivity index (χ0) is 18.0. The van der Waals surface area contributed by atoms with Crippen LogP contribution >= 0.6 is 11.6 Å². The SMILES string of the molecule is CC[C@H](C(=O)Nc1ccc(F)c(Cl)c1)n1nnc2ccccc2c1=O. The van der Waals surface area contributed by atoms with E-state index in [1.165, 1.54) is 12.1 Å². The van der Waals surface area contributed by atoms with Crippen LogP contribution in [-0.4, -0.2) is 20.9 Å². The van der Waals surface area contributed by atoms with Crippen LogP contribution in [0.3, 0.4) is 0 Å². The predicted octanol–water partition coefficient (Wildman–Crippen LogP) is 3.17. The number of benzene rings is 2. The molecule has 0 fully saturated rings. The maximum atomic E-state index is 13.2. The third kappa shape index (κ3) is 3.36. The van der Waals surface area contributed by atoms with E-state index in [1.54, 1.807) is 31.2 Å². The standard InChI is InChI=1S/C17H14ClFN4O2/c1-2-15(16(24)20-10-7-8-13(19)12(18)9-10)23-17(25)11-5-3-4-6-14(11)21-22-23/h3-9,15H,2H2,1H3,(H,20,24)/t15-/m1/s1. The molecule has 8 heteroatoms. The summed E-state index contributed by atoms with van der Waals surface area (Å²) in [4.78, 5) is 25.1. The van der Waals surface area contributed by atoms with Crippen LogP contribution in [0.15, 0.2) is 47.3 Å². The Bertz CT molecular complexity index is 1010. The van der Waals surface area contributed by atoms with Crippen LogP contribution in [0, 0.1) is 5.82 Å². The highest BCUT2D eigenvalue weighted by Gasteiger charge is 2.22. The summed E-state index contributed by atoms with van der Waals surface area (Å²) in [6, 6.07) is 9.77. The van der Waals surface area contributed by atoms with Gasteiger partial charge in [-0.15, -0.1) is 5.10 Å². The molecule has 0 spiro atoms. The summed E-state index contributed by atoms with van der Waals surface area (Å²) in [5.41, 5.74) is 0.394. The number of nitrogens with zero attached hydrogens (tertiary/aromatic N) is 3. The number of halogens is 2. The van der Waals surface area contributed by atoms with Gasteiger partial charge < -0.3 is 5.32 Å². The quantitative estimate of drug-likeness (QED) is 0.775. The molecule has 0 bridgehead atoms. The number of carbonyl (C=O) groups excluding carboxylic acids is 1. The summed E-state index contributed by atoms with van der Waals surface area (Å²) in [7, 11) is 0. The number of hydrogen-bond donors (Lipinski definition) is 1. The van der Waals surface area contributed by atoms with Gasteiger partial charge >= 0.3 is 0 Å². The molecule has 1 atom stereocenters. The lowest BCUT2D eigenvalue weighted by Gasteiger charge is -2.16. The topological polar surface area (TPSA) is 76.9 Å². The van der Waals surface area contributed by atoms with E-state index < -0.39 is 23.3 Å². The molecule has 0 saturated carbocycles. The molecule has 0 radical (unpaired) electrons. The minimum atomic E-state index is -0.853. The molecule has 0 aliphatic rings. The highest BCUT2D eigenvalue weighted by Crippen LogP contribution is 2.21. The molecule has 25 heavy (non-hydrogen) atoms. The van der Waals surface area contributed by atoms with E-state index in [2.05, 4.69) is 15.6 Å². The van der Waals surface area contributed by atoms with Crippen molar-refractivity contribution in [2.45, 2.75) is 19.4 Å². The molecule has 1 N–H and O–H groups in total. The summed E-state index contributed by atoms with van der Waals surface area (Å²) in [6.07, 6.45) is 0.327. The lowest BCUT2D eigenvalue weighted by atomic mass is 10.2. The number of hydrogen-bond acceptors (Lipinski definition) is 4. The molecule has 3 aromatic rings. The molecule has 1 aromatic heterocycles. The van der Waals surface area contributed by atoms with Crippen LogP contribution in [0.4, 0.5) is 10.1 Å². The number of rotatable bonds is 4. The number of amides is 1. The lowest BCUT2D eigenvalue weighted by molar-refractivity contribution is -0.119. The fourth-order valence-corrected chi connectivity index (χ4v) is 2.66. The number of fused-ring (bicyclic) bond motifs is 1. The molecule has 6 nitrogen and oxygen atoms in total. The van der Waals surface area contributed by atoms with E-state index in [4.69, 9.17) is 11.6 Å². The van der Waals surface area contributed by atoms with E-state index in [0.29, 0.717) is 23.0 Å². The Hall–Kier alpha value is -2.80. The molecule has 0 aliphatic heterocycles. The van der Waals surface area contributed by atoms with Gasteiger partial charge in [0, 0.05) is 5.69 Å². The van der Waals surface area contributed by atoms with Gasteiger partial charge in [-0.1, -0.05) is 35.9 Å². The average molecular weight is 361 g/mol. The molecule has 3 rings (SSSR count). The molecule has 2 aromatic carbocycles. The van der Waals surface area contributed by atoms with Gasteiger partial charge in [0.05, 0.1) is 10.4 Å². The Balaban J connectivity index is 1.94. The summed E-state index contributed by atoms with van der Waals surface area (Å²) in [6.45, 7) is 1.76. The number of nitrogens with one attached hydrogen (secondary N) is 1. The Morgan fingerprint density at radius 2 is 2.08 bits per heavy atom. The average Bonchev–Trinajstić information content (AvgIpc) is 2.61. The summed E-state index contributed by atoms with van der Waals surface area (Å²) < 4.78 is 14.3. The van der Waals surface area contributed by atoms with Crippen molar-refractivity contribution < 1.29 is 9.18 Å². The first-order chi connectivity index (χ1) is 12.0. The monoisotopic (exact) mass is 360 g/mol. The fraction of sp³-hybridized carbons (Fsp3) is 0.176. The molecule has 1 amide bonds. The predicted molar refractivity (Wildman–Crippen MR) is 93.2 cm³/mol. The van der Waals surface area contributed by atoms with Crippen LogP contribution in [0.5, 0.6) is 0 Å². The molecular weight excluding hydrogens is 347 g/mol. The maximum Gasteiger partial charge on any atom is 0.278 e. The fourth-order valence-electron chi connectivity index (χ4n) is 2.47. The number of aromatic nitrogens is 3. The summed E-state index contributed by atoms with van der Waals surface area (Å²) >= 11 is 5.71. The Labute approximate surface area is 147 Å². The van der Waals surface area contributed by atoms with Gasteiger partial charge in [-0.3, -0.25) is 9.59 Å². The van der Waals surface area contributed by atoms with Gasteiger partial charge in [-0.25, -0.2) is 4.39 Å². The molecular formula is C17H14ClFN4O2. The van der Waals surface area contributed by atoms with Gasteiger partial charge in [0.15, 0.2) is 0 Å². The van der Waals surface area contributed by atoms with Crippen molar-refractivity contribution in [3.05, 3.63) is 63.7 Å². The van der Waals surface area contributed by atoms with Gasteiger partial charge in [0.25, 0.3) is 5.56 Å². The van der Waals surface area contributed by atoms with Crippen molar-refractivity contribution in [2.24, 2.45) is 0 Å². The second kappa shape index (κ2) is 6.98. The van der Waals surface area contributed by atoms with E-state index in [0.717, 1.165) is 10.7 Å². The van der Waals surface area contributed by atoms with Crippen LogP contribution in [0.2, 0.25) is 5.02 Å². The third-order valence-corrected chi connectivity index (χ3v) is 4.05. The summed E-state index contributed by atoms with van der Waals surface area (Å²) in [5.74, 6) is -1.04. The highest BCUT2D eigenvalue weighted by atomic mass is 35.5. The van der Waals surface area contributed by atoms with Crippen molar-refractivity contribution in [2.75, 3.05) is 5.32 Å². The largest absolute Gasteiger partial charge is 0.324 e. The van der Waals surface area contributed by atoms with Gasteiger partial charge in [-0.05, 0) is 36.8 Å². The zero-order valence-electron chi connectivity index (χ0n) is 13.2. The Morgan fingerprint density at radius 3 is 2.80 bits per heavy atom. The minimum Gasteiger partial charge on any atom is -0.324 e. The van der Waals surface area contributed by atoms with Crippen molar-refractivity contribution >= 4 is 34.1 Å². The van der Waals surface area contributed by atoms with E-state index >= 15 is 0 Å². The second-order valence-corrected chi connectivity index (χ2v) is 5.81. The highest BCUT2D eigenvalue weighted by molar-refractivity contribution is 6.31.